The molecule has 3 nitrogen and oxygen atoms in total. The van der Waals surface area contributed by atoms with Crippen LogP contribution in [0.2, 0.25) is 0 Å². The van der Waals surface area contributed by atoms with Gasteiger partial charge in [-0.2, -0.15) is 0 Å². The van der Waals surface area contributed by atoms with Crippen LogP contribution in [0, 0.1) is 0 Å². The first-order valence-corrected chi connectivity index (χ1v) is 9.23. The zero-order chi connectivity index (χ0) is 15.8. The number of rotatable bonds is 15. The highest BCUT2D eigenvalue weighted by atomic mass is 16.1. The van der Waals surface area contributed by atoms with Crippen molar-refractivity contribution >= 4 is 5.91 Å². The maximum absolute atomic E-state index is 11.8. The van der Waals surface area contributed by atoms with Crippen LogP contribution in [0.5, 0.6) is 0 Å². The lowest BCUT2D eigenvalue weighted by Crippen LogP contribution is -2.36. The Bertz CT molecular complexity index is 223. The minimum atomic E-state index is 0.234. The summed E-state index contributed by atoms with van der Waals surface area (Å²) < 4.78 is 0. The van der Waals surface area contributed by atoms with Crippen molar-refractivity contribution in [2.45, 2.75) is 85.0 Å². The Morgan fingerprint density at radius 1 is 0.762 bits per heavy atom. The molecule has 0 rings (SSSR count). The molecule has 0 bridgehead atoms. The maximum atomic E-state index is 11.8. The second kappa shape index (κ2) is 15.8. The van der Waals surface area contributed by atoms with Crippen LogP contribution in [-0.4, -0.2) is 37.0 Å². The molecular weight excluding hydrogens is 260 g/mol. The van der Waals surface area contributed by atoms with Crippen LogP contribution in [0.4, 0.5) is 0 Å². The smallest absolute Gasteiger partial charge is 0.220 e. The Labute approximate surface area is 132 Å². The summed E-state index contributed by atoms with van der Waals surface area (Å²) in [4.78, 5) is 14.3. The van der Waals surface area contributed by atoms with Crippen molar-refractivity contribution in [3.63, 3.8) is 0 Å². The van der Waals surface area contributed by atoms with Crippen molar-refractivity contribution in [1.82, 2.24) is 10.2 Å². The first-order valence-electron chi connectivity index (χ1n) is 9.23. The molecule has 0 aromatic heterocycles. The monoisotopic (exact) mass is 298 g/mol. The molecule has 1 amide bonds. The van der Waals surface area contributed by atoms with E-state index in [1.165, 1.54) is 64.5 Å². The van der Waals surface area contributed by atoms with E-state index in [-0.39, 0.29) is 5.91 Å². The fourth-order valence-corrected chi connectivity index (χ4v) is 2.43. The van der Waals surface area contributed by atoms with Crippen molar-refractivity contribution in [2.24, 2.45) is 0 Å². The molecule has 0 fully saturated rings. The highest BCUT2D eigenvalue weighted by Crippen LogP contribution is 2.04. The minimum Gasteiger partial charge on any atom is -0.355 e. The third-order valence-corrected chi connectivity index (χ3v) is 3.91. The molecular formula is C18H38N2O. The van der Waals surface area contributed by atoms with E-state index in [1.54, 1.807) is 0 Å². The van der Waals surface area contributed by atoms with Crippen LogP contribution in [0.3, 0.4) is 0 Å². The summed E-state index contributed by atoms with van der Waals surface area (Å²) in [5.41, 5.74) is 0. The van der Waals surface area contributed by atoms with Gasteiger partial charge in [-0.1, -0.05) is 59.3 Å². The quantitative estimate of drug-likeness (QED) is 0.455. The molecule has 0 aliphatic heterocycles. The fourth-order valence-electron chi connectivity index (χ4n) is 2.43. The summed E-state index contributed by atoms with van der Waals surface area (Å²) in [6.07, 6.45) is 11.8. The van der Waals surface area contributed by atoms with Crippen LogP contribution in [-0.2, 0) is 4.79 Å². The third-order valence-electron chi connectivity index (χ3n) is 3.91. The van der Waals surface area contributed by atoms with Crippen molar-refractivity contribution in [1.29, 1.82) is 0 Å². The van der Waals surface area contributed by atoms with Gasteiger partial charge in [0.05, 0.1) is 0 Å². The van der Waals surface area contributed by atoms with E-state index < -0.39 is 0 Å². The number of hydrogen-bond donors (Lipinski definition) is 1. The molecule has 3 heteroatoms. The van der Waals surface area contributed by atoms with Crippen LogP contribution < -0.4 is 5.32 Å². The van der Waals surface area contributed by atoms with E-state index in [4.69, 9.17) is 0 Å². The van der Waals surface area contributed by atoms with Gasteiger partial charge < -0.3 is 10.2 Å². The maximum Gasteiger partial charge on any atom is 0.220 e. The Morgan fingerprint density at radius 3 is 1.90 bits per heavy atom. The lowest BCUT2D eigenvalue weighted by molar-refractivity contribution is -0.121. The number of amides is 1. The van der Waals surface area contributed by atoms with Gasteiger partial charge in [-0.15, -0.1) is 0 Å². The predicted molar refractivity (Wildman–Crippen MR) is 92.6 cm³/mol. The van der Waals surface area contributed by atoms with E-state index in [9.17, 15) is 4.79 Å². The molecule has 126 valence electrons. The van der Waals surface area contributed by atoms with E-state index in [0.29, 0.717) is 6.42 Å². The normalized spacial score (nSPS) is 11.0. The molecule has 0 unspecified atom stereocenters. The van der Waals surface area contributed by atoms with Crippen molar-refractivity contribution in [2.75, 3.05) is 26.2 Å². The Hall–Kier alpha value is -0.570. The highest BCUT2D eigenvalue weighted by molar-refractivity contribution is 5.75. The van der Waals surface area contributed by atoms with Crippen molar-refractivity contribution < 1.29 is 4.79 Å². The van der Waals surface area contributed by atoms with Gasteiger partial charge in [-0.3, -0.25) is 4.79 Å². The summed E-state index contributed by atoms with van der Waals surface area (Å²) >= 11 is 0. The van der Waals surface area contributed by atoms with E-state index in [2.05, 4.69) is 31.0 Å². The van der Waals surface area contributed by atoms with Gasteiger partial charge in [0.25, 0.3) is 0 Å². The van der Waals surface area contributed by atoms with Crippen LogP contribution in [0.1, 0.15) is 85.0 Å². The van der Waals surface area contributed by atoms with Gasteiger partial charge in [-0.25, -0.2) is 0 Å². The van der Waals surface area contributed by atoms with E-state index in [1.807, 2.05) is 0 Å². The first-order chi connectivity index (χ1) is 10.2. The Balaban J connectivity index is 3.63. The predicted octanol–water partition coefficient (Wildman–Crippen LogP) is 4.37. The molecule has 0 radical (unpaired) electrons. The number of nitrogens with one attached hydrogen (secondary N) is 1. The molecule has 1 N–H and O–H groups in total. The number of unbranched alkanes of at least 4 members (excludes halogenated alkanes) is 6. The fraction of sp³-hybridized carbons (Fsp3) is 0.944. The second-order valence-electron chi connectivity index (χ2n) is 6.06. The summed E-state index contributed by atoms with van der Waals surface area (Å²) in [6, 6.07) is 0. The zero-order valence-electron chi connectivity index (χ0n) is 14.8. The average molecular weight is 299 g/mol. The summed E-state index contributed by atoms with van der Waals surface area (Å²) in [5, 5.41) is 3.08. The largest absolute Gasteiger partial charge is 0.355 e. The SMILES string of the molecule is CCCCCCCC(=O)NCCN(CCCC)CCCC. The number of carbonyl (C=O) groups excluding carboxylic acids is 1. The topological polar surface area (TPSA) is 32.3 Å². The van der Waals surface area contributed by atoms with Gasteiger partial charge in [-0.05, 0) is 32.4 Å². The number of hydrogen-bond acceptors (Lipinski definition) is 2. The lowest BCUT2D eigenvalue weighted by Gasteiger charge is -2.22. The van der Waals surface area contributed by atoms with Crippen LogP contribution in [0.25, 0.3) is 0 Å². The van der Waals surface area contributed by atoms with Crippen LogP contribution >= 0.6 is 0 Å². The molecule has 0 spiro atoms. The lowest BCUT2D eigenvalue weighted by atomic mass is 10.1. The molecule has 0 atom stereocenters. The van der Waals surface area contributed by atoms with Crippen LogP contribution in [0.15, 0.2) is 0 Å². The van der Waals surface area contributed by atoms with Gasteiger partial charge in [0.1, 0.15) is 0 Å². The molecule has 0 aromatic carbocycles. The van der Waals surface area contributed by atoms with Gasteiger partial charge in [0, 0.05) is 19.5 Å². The molecule has 0 saturated heterocycles. The number of carbonyl (C=O) groups is 1. The molecule has 0 aromatic rings. The minimum absolute atomic E-state index is 0.234. The van der Waals surface area contributed by atoms with Crippen molar-refractivity contribution in [3.05, 3.63) is 0 Å². The van der Waals surface area contributed by atoms with Gasteiger partial charge in [0.2, 0.25) is 5.91 Å². The average Bonchev–Trinajstić information content (AvgIpc) is 2.49. The Morgan fingerprint density at radius 2 is 1.33 bits per heavy atom. The van der Waals surface area contributed by atoms with E-state index in [0.717, 1.165) is 19.5 Å². The number of nitrogens with zero attached hydrogens (tertiary/aromatic N) is 1. The summed E-state index contributed by atoms with van der Waals surface area (Å²) in [7, 11) is 0. The second-order valence-corrected chi connectivity index (χ2v) is 6.06. The van der Waals surface area contributed by atoms with Crippen molar-refractivity contribution in [3.8, 4) is 0 Å². The first kappa shape index (κ1) is 20.4. The van der Waals surface area contributed by atoms with E-state index >= 15 is 0 Å². The van der Waals surface area contributed by atoms with Gasteiger partial charge in [0.15, 0.2) is 0 Å². The molecule has 0 aliphatic rings. The molecule has 0 aliphatic carbocycles. The standard InChI is InChI=1S/C18H38N2O/c1-4-7-10-11-12-13-18(21)19-14-17-20(15-8-5-2)16-9-6-3/h4-17H2,1-3H3,(H,19,21). The highest BCUT2D eigenvalue weighted by Gasteiger charge is 2.05. The van der Waals surface area contributed by atoms with Gasteiger partial charge >= 0.3 is 0 Å². The zero-order valence-corrected chi connectivity index (χ0v) is 14.8. The summed E-state index contributed by atoms with van der Waals surface area (Å²) in [5.74, 6) is 0.234. The molecule has 0 heterocycles. The Kier molecular flexibility index (Phi) is 15.4. The molecule has 0 saturated carbocycles. The summed E-state index contributed by atoms with van der Waals surface area (Å²) in [6.45, 7) is 10.8. The third kappa shape index (κ3) is 14.1. The molecule has 21 heavy (non-hydrogen) atoms.